The normalized spacial score (nSPS) is 13.0. The van der Waals surface area contributed by atoms with E-state index >= 15 is 0 Å². The molecule has 0 fully saturated rings. The maximum atomic E-state index is 13.9. The Hall–Kier alpha value is -5.58. The van der Waals surface area contributed by atoms with Crippen molar-refractivity contribution in [2.45, 2.75) is 51.0 Å². The second-order valence-electron chi connectivity index (χ2n) is 11.1. The number of alkyl halides is 3. The lowest BCUT2D eigenvalue weighted by molar-refractivity contribution is -0.146. The number of nitrogens with zero attached hydrogens (tertiary/aromatic N) is 1. The van der Waals surface area contributed by atoms with Gasteiger partial charge in [-0.2, -0.15) is 18.4 Å². The first-order valence-electron chi connectivity index (χ1n) is 14.7. The van der Waals surface area contributed by atoms with Gasteiger partial charge in [-0.15, -0.1) is 0 Å². The number of amides is 3. The Morgan fingerprint density at radius 3 is 2.19 bits per heavy atom. The summed E-state index contributed by atoms with van der Waals surface area (Å²) in [4.78, 5) is 51.8. The van der Waals surface area contributed by atoms with Crippen molar-refractivity contribution in [2.24, 2.45) is 5.92 Å². The zero-order chi connectivity index (χ0) is 35.4. The number of carboxylic acids is 1. The van der Waals surface area contributed by atoms with E-state index in [0.717, 1.165) is 0 Å². The van der Waals surface area contributed by atoms with Crippen LogP contribution in [0.25, 0.3) is 0 Å². The number of nitriles is 1. The largest absolute Gasteiger partial charge is 0.497 e. The molecule has 2 unspecified atom stereocenters. The lowest BCUT2D eigenvalue weighted by atomic mass is 9.98. The molecule has 0 bridgehead atoms. The fourth-order valence-corrected chi connectivity index (χ4v) is 4.63. The van der Waals surface area contributed by atoms with Crippen molar-refractivity contribution in [3.05, 3.63) is 95.1 Å². The first kappa shape index (κ1) is 36.9. The number of ether oxygens (including phenoxy) is 2. The summed E-state index contributed by atoms with van der Waals surface area (Å²) in [6.45, 7) is 2.40. The van der Waals surface area contributed by atoms with E-state index in [4.69, 9.17) is 14.6 Å². The number of aliphatic carboxylic acids is 1. The number of benzene rings is 3. The van der Waals surface area contributed by atoms with Crippen molar-refractivity contribution in [1.82, 2.24) is 16.0 Å². The van der Waals surface area contributed by atoms with Crippen molar-refractivity contribution < 1.29 is 46.9 Å². The predicted octanol–water partition coefficient (Wildman–Crippen LogP) is 4.32. The SMILES string of the molecule is COc1ccc(C(NC(=O)C(Cc2cccc(C#N)c2)NC(=O)c2cccc(OCC(=O)O)c2)C(=O)N[C@H](CC(F)(F)F)C(C)C)cc1. The van der Waals surface area contributed by atoms with E-state index < -0.39 is 66.9 Å². The molecule has 0 aliphatic carbocycles. The smallest absolute Gasteiger partial charge is 0.391 e. The molecular weight excluding hydrogens is 633 g/mol. The molecule has 3 aromatic carbocycles. The van der Waals surface area contributed by atoms with Crippen molar-refractivity contribution in [1.29, 1.82) is 5.26 Å². The Labute approximate surface area is 275 Å². The maximum absolute atomic E-state index is 13.9. The van der Waals surface area contributed by atoms with Crippen LogP contribution in [0.2, 0.25) is 0 Å². The molecule has 3 amide bonds. The van der Waals surface area contributed by atoms with E-state index in [0.29, 0.717) is 16.9 Å². The first-order valence-corrected chi connectivity index (χ1v) is 14.7. The van der Waals surface area contributed by atoms with E-state index in [9.17, 15) is 37.6 Å². The van der Waals surface area contributed by atoms with Crippen molar-refractivity contribution in [2.75, 3.05) is 13.7 Å². The highest BCUT2D eigenvalue weighted by molar-refractivity contribution is 5.99. The number of carbonyl (C=O) groups excluding carboxylic acids is 3. The molecule has 0 heterocycles. The molecule has 0 spiro atoms. The Balaban J connectivity index is 1.96. The Kier molecular flexibility index (Phi) is 12.9. The van der Waals surface area contributed by atoms with Gasteiger partial charge in [0, 0.05) is 18.0 Å². The van der Waals surface area contributed by atoms with Gasteiger partial charge in [-0.1, -0.05) is 44.2 Å². The molecule has 254 valence electrons. The minimum Gasteiger partial charge on any atom is -0.497 e. The number of nitrogens with one attached hydrogen (secondary N) is 3. The van der Waals surface area contributed by atoms with Gasteiger partial charge in [-0.05, 0) is 59.5 Å². The van der Waals surface area contributed by atoms with Gasteiger partial charge in [-0.3, -0.25) is 14.4 Å². The van der Waals surface area contributed by atoms with Crippen LogP contribution in [0.4, 0.5) is 13.2 Å². The second-order valence-corrected chi connectivity index (χ2v) is 11.1. The number of carboxylic acid groups (broad SMARTS) is 1. The third-order valence-electron chi connectivity index (χ3n) is 7.16. The van der Waals surface area contributed by atoms with Gasteiger partial charge in [0.1, 0.15) is 23.6 Å². The molecule has 4 N–H and O–H groups in total. The third-order valence-corrected chi connectivity index (χ3v) is 7.16. The molecule has 0 aromatic heterocycles. The molecule has 48 heavy (non-hydrogen) atoms. The number of rotatable bonds is 15. The van der Waals surface area contributed by atoms with Gasteiger partial charge in [0.15, 0.2) is 6.61 Å². The fraction of sp³-hybridized carbons (Fsp3) is 0.324. The van der Waals surface area contributed by atoms with Crippen LogP contribution in [0.5, 0.6) is 11.5 Å². The Morgan fingerprint density at radius 1 is 0.896 bits per heavy atom. The number of methoxy groups -OCH3 is 1. The van der Waals surface area contributed by atoms with E-state index in [1.54, 1.807) is 18.2 Å². The summed E-state index contributed by atoms with van der Waals surface area (Å²) in [6, 6.07) is 15.7. The van der Waals surface area contributed by atoms with Gasteiger partial charge in [0.2, 0.25) is 11.8 Å². The average molecular weight is 669 g/mol. The summed E-state index contributed by atoms with van der Waals surface area (Å²) in [7, 11) is 1.42. The quantitative estimate of drug-likeness (QED) is 0.186. The molecule has 3 atom stereocenters. The van der Waals surface area contributed by atoms with Gasteiger partial charge < -0.3 is 30.5 Å². The molecule has 0 aliphatic rings. The van der Waals surface area contributed by atoms with Crippen LogP contribution in [0.3, 0.4) is 0 Å². The Bertz CT molecular complexity index is 1640. The lowest BCUT2D eigenvalue weighted by Crippen LogP contribution is -2.52. The van der Waals surface area contributed by atoms with Crippen LogP contribution in [0.15, 0.2) is 72.8 Å². The molecule has 11 nitrogen and oxygen atoms in total. The van der Waals surface area contributed by atoms with Crippen LogP contribution in [0.1, 0.15) is 53.4 Å². The minimum absolute atomic E-state index is 0.0258. The van der Waals surface area contributed by atoms with Gasteiger partial charge in [0.05, 0.1) is 25.2 Å². The summed E-state index contributed by atoms with van der Waals surface area (Å²) in [6.07, 6.45) is -5.99. The summed E-state index contributed by atoms with van der Waals surface area (Å²) >= 11 is 0. The second kappa shape index (κ2) is 16.8. The standard InChI is InChI=1S/C34H35F3N4O7/c1-20(2)28(17-34(35,36)37)40-33(46)30(23-10-12-25(47-3)13-11-23)41-32(45)27(15-21-6-4-7-22(14-21)18-38)39-31(44)24-8-5-9-26(16-24)48-19-29(42)43/h4-14,16,20,27-28,30H,15,17,19H2,1-3H3,(H,39,44)(H,40,46)(H,41,45)(H,42,43)/t27?,28-,30?/m1/s1. The molecule has 0 aliphatic heterocycles. The van der Waals surface area contributed by atoms with Crippen LogP contribution in [-0.4, -0.2) is 60.8 Å². The molecule has 3 aromatic rings. The summed E-state index contributed by atoms with van der Waals surface area (Å²) < 4.78 is 50.3. The van der Waals surface area contributed by atoms with Gasteiger partial charge in [-0.25, -0.2) is 4.79 Å². The third kappa shape index (κ3) is 11.3. The molecule has 0 saturated carbocycles. The van der Waals surface area contributed by atoms with E-state index in [-0.39, 0.29) is 23.3 Å². The van der Waals surface area contributed by atoms with Gasteiger partial charge >= 0.3 is 12.1 Å². The molecular formula is C34H35F3N4O7. The molecule has 0 saturated heterocycles. The highest BCUT2D eigenvalue weighted by Crippen LogP contribution is 2.26. The average Bonchev–Trinajstić information content (AvgIpc) is 3.05. The van der Waals surface area contributed by atoms with E-state index in [2.05, 4.69) is 16.0 Å². The molecule has 0 radical (unpaired) electrons. The van der Waals surface area contributed by atoms with Crippen molar-refractivity contribution in [3.8, 4) is 17.6 Å². The van der Waals surface area contributed by atoms with Crippen LogP contribution in [0, 0.1) is 17.2 Å². The van der Waals surface area contributed by atoms with E-state index in [1.807, 2.05) is 6.07 Å². The predicted molar refractivity (Wildman–Crippen MR) is 167 cm³/mol. The maximum Gasteiger partial charge on any atom is 0.391 e. The number of halogens is 3. The first-order chi connectivity index (χ1) is 22.7. The summed E-state index contributed by atoms with van der Waals surface area (Å²) in [5.41, 5.74) is 1.04. The zero-order valence-corrected chi connectivity index (χ0v) is 26.3. The molecule has 3 rings (SSSR count). The monoisotopic (exact) mass is 668 g/mol. The summed E-state index contributed by atoms with van der Waals surface area (Å²) in [5.74, 6) is -3.82. The number of hydrogen-bond acceptors (Lipinski definition) is 7. The van der Waals surface area contributed by atoms with E-state index in [1.165, 1.54) is 75.6 Å². The van der Waals surface area contributed by atoms with Crippen LogP contribution < -0.4 is 25.4 Å². The topological polar surface area (TPSA) is 167 Å². The summed E-state index contributed by atoms with van der Waals surface area (Å²) in [5, 5.41) is 25.9. The highest BCUT2D eigenvalue weighted by atomic mass is 19.4. The number of hydrogen-bond donors (Lipinski definition) is 4. The van der Waals surface area contributed by atoms with Crippen molar-refractivity contribution in [3.63, 3.8) is 0 Å². The highest BCUT2D eigenvalue weighted by Gasteiger charge is 2.36. The molecule has 14 heteroatoms. The zero-order valence-electron chi connectivity index (χ0n) is 26.3. The Morgan fingerprint density at radius 2 is 1.58 bits per heavy atom. The van der Waals surface area contributed by atoms with Crippen LogP contribution >= 0.6 is 0 Å². The van der Waals surface area contributed by atoms with Gasteiger partial charge in [0.25, 0.3) is 5.91 Å². The minimum atomic E-state index is -4.57. The fourth-order valence-electron chi connectivity index (χ4n) is 4.63. The lowest BCUT2D eigenvalue weighted by Gasteiger charge is -2.28. The van der Waals surface area contributed by atoms with Crippen molar-refractivity contribution >= 4 is 23.7 Å². The van der Waals surface area contributed by atoms with Crippen LogP contribution in [-0.2, 0) is 20.8 Å². The number of carbonyl (C=O) groups is 4.